The molecular weight excluding hydrogens is 259 g/mol. The molecule has 0 saturated carbocycles. The second-order valence-corrected chi connectivity index (χ2v) is 5.26. The van der Waals surface area contributed by atoms with Gasteiger partial charge >= 0.3 is 0 Å². The summed E-state index contributed by atoms with van der Waals surface area (Å²) in [5.74, 6) is -0.172. The lowest BCUT2D eigenvalue weighted by molar-refractivity contribution is 0.531. The molecule has 1 heterocycles. The summed E-state index contributed by atoms with van der Waals surface area (Å²) in [5, 5.41) is 4.13. The molecule has 0 aliphatic carbocycles. The van der Waals surface area contributed by atoms with Gasteiger partial charge in [-0.1, -0.05) is 30.8 Å². The molecule has 1 unspecified atom stereocenters. The monoisotopic (exact) mass is 276 g/mol. The van der Waals surface area contributed by atoms with Crippen molar-refractivity contribution in [1.29, 1.82) is 0 Å². The number of nitrogens with one attached hydrogen (secondary N) is 1. The molecule has 1 N–H and O–H groups in total. The third-order valence-corrected chi connectivity index (χ3v) is 3.84. The third-order valence-electron chi connectivity index (χ3n) is 2.81. The molecule has 4 heteroatoms. The average molecular weight is 276 g/mol. The molecule has 2 rings (SSSR count). The molecule has 2 nitrogen and oxygen atoms in total. The van der Waals surface area contributed by atoms with Crippen LogP contribution in [0.4, 0.5) is 4.39 Å². The Labute approximate surface area is 117 Å². The zero-order valence-corrected chi connectivity index (χ0v) is 11.9. The zero-order chi connectivity index (χ0) is 13.7. The van der Waals surface area contributed by atoms with E-state index < -0.39 is 0 Å². The quantitative estimate of drug-likeness (QED) is 0.892. The predicted molar refractivity (Wildman–Crippen MR) is 76.9 cm³/mol. The number of halogens is 1. The second-order valence-electron chi connectivity index (χ2n) is 4.20. The first-order valence-corrected chi connectivity index (χ1v) is 7.14. The predicted octanol–water partition coefficient (Wildman–Crippen LogP) is 4.04. The Kier molecular flexibility index (Phi) is 4.93. The molecule has 0 saturated heterocycles. The molecule has 19 heavy (non-hydrogen) atoms. The van der Waals surface area contributed by atoms with Crippen LogP contribution in [0.15, 0.2) is 52.5 Å². The van der Waals surface area contributed by atoms with Crippen molar-refractivity contribution < 1.29 is 4.39 Å². The minimum atomic E-state index is -0.172. The third kappa shape index (κ3) is 3.55. The highest BCUT2D eigenvalue weighted by molar-refractivity contribution is 7.99. The first-order valence-electron chi connectivity index (χ1n) is 6.33. The van der Waals surface area contributed by atoms with Crippen LogP contribution in [-0.4, -0.2) is 11.5 Å². The lowest BCUT2D eigenvalue weighted by atomic mass is 10.1. The van der Waals surface area contributed by atoms with Crippen molar-refractivity contribution in [2.75, 3.05) is 6.54 Å². The molecule has 1 aromatic heterocycles. The molecule has 1 atom stereocenters. The van der Waals surface area contributed by atoms with Crippen LogP contribution in [-0.2, 0) is 0 Å². The van der Waals surface area contributed by atoms with Crippen LogP contribution in [0.2, 0.25) is 0 Å². The van der Waals surface area contributed by atoms with Gasteiger partial charge in [0.25, 0.3) is 0 Å². The van der Waals surface area contributed by atoms with Crippen LogP contribution in [0.25, 0.3) is 0 Å². The van der Waals surface area contributed by atoms with Gasteiger partial charge in [-0.15, -0.1) is 0 Å². The van der Waals surface area contributed by atoms with Gasteiger partial charge in [0.2, 0.25) is 0 Å². The van der Waals surface area contributed by atoms with Crippen LogP contribution < -0.4 is 5.32 Å². The number of nitrogens with zero attached hydrogens (tertiary/aromatic N) is 1. The van der Waals surface area contributed by atoms with E-state index in [9.17, 15) is 4.39 Å². The maximum Gasteiger partial charge on any atom is 0.129 e. The van der Waals surface area contributed by atoms with E-state index in [0.717, 1.165) is 16.5 Å². The Hall–Kier alpha value is -1.39. The maximum atomic E-state index is 14.1. The van der Waals surface area contributed by atoms with E-state index in [1.165, 1.54) is 17.8 Å². The molecule has 0 amide bonds. The molecule has 0 spiro atoms. The van der Waals surface area contributed by atoms with E-state index in [1.54, 1.807) is 12.3 Å². The van der Waals surface area contributed by atoms with E-state index in [4.69, 9.17) is 0 Å². The second kappa shape index (κ2) is 6.68. The van der Waals surface area contributed by atoms with Gasteiger partial charge in [0.05, 0.1) is 0 Å². The van der Waals surface area contributed by atoms with Crippen LogP contribution in [0.1, 0.15) is 25.5 Å². The molecule has 1 aromatic carbocycles. The summed E-state index contributed by atoms with van der Waals surface area (Å²) >= 11 is 1.49. The van der Waals surface area contributed by atoms with Gasteiger partial charge in [-0.3, -0.25) is 0 Å². The minimum Gasteiger partial charge on any atom is -0.310 e. The number of pyridine rings is 1. The minimum absolute atomic E-state index is 0.0163. The summed E-state index contributed by atoms with van der Waals surface area (Å²) in [7, 11) is 0. The van der Waals surface area contributed by atoms with Gasteiger partial charge in [-0.2, -0.15) is 0 Å². The number of rotatable bonds is 5. The van der Waals surface area contributed by atoms with Crippen LogP contribution in [0, 0.1) is 5.82 Å². The summed E-state index contributed by atoms with van der Waals surface area (Å²) in [6.45, 7) is 4.80. The maximum absolute atomic E-state index is 14.1. The molecule has 0 radical (unpaired) electrons. The zero-order valence-electron chi connectivity index (χ0n) is 11.1. The summed E-state index contributed by atoms with van der Waals surface area (Å²) in [6, 6.07) is 10.9. The fourth-order valence-corrected chi connectivity index (χ4v) is 2.97. The summed E-state index contributed by atoms with van der Waals surface area (Å²) < 4.78 is 14.1. The van der Waals surface area contributed by atoms with Gasteiger partial charge in [-0.25, -0.2) is 9.37 Å². The van der Waals surface area contributed by atoms with E-state index >= 15 is 0 Å². The van der Waals surface area contributed by atoms with Crippen molar-refractivity contribution in [1.82, 2.24) is 10.3 Å². The van der Waals surface area contributed by atoms with Crippen molar-refractivity contribution in [2.24, 2.45) is 0 Å². The topological polar surface area (TPSA) is 24.9 Å². The van der Waals surface area contributed by atoms with Crippen molar-refractivity contribution in [3.63, 3.8) is 0 Å². The Morgan fingerprint density at radius 2 is 2.11 bits per heavy atom. The van der Waals surface area contributed by atoms with Gasteiger partial charge < -0.3 is 5.32 Å². The highest BCUT2D eigenvalue weighted by Crippen LogP contribution is 2.33. The number of hydrogen-bond acceptors (Lipinski definition) is 3. The molecular formula is C15H17FN2S. The summed E-state index contributed by atoms with van der Waals surface area (Å²) in [4.78, 5) is 5.18. The fraction of sp³-hybridized carbons (Fsp3) is 0.267. The highest BCUT2D eigenvalue weighted by Gasteiger charge is 2.15. The first kappa shape index (κ1) is 14.0. The Morgan fingerprint density at radius 1 is 1.26 bits per heavy atom. The molecule has 0 aliphatic rings. The van der Waals surface area contributed by atoms with Crippen LogP contribution >= 0.6 is 11.8 Å². The van der Waals surface area contributed by atoms with Gasteiger partial charge in [-0.05, 0) is 37.7 Å². The Bertz CT molecular complexity index is 531. The van der Waals surface area contributed by atoms with Crippen molar-refractivity contribution in [2.45, 2.75) is 29.8 Å². The van der Waals surface area contributed by atoms with E-state index in [-0.39, 0.29) is 11.9 Å². The Balaban J connectivity index is 2.32. The van der Waals surface area contributed by atoms with Crippen LogP contribution in [0.5, 0.6) is 0 Å². The van der Waals surface area contributed by atoms with Gasteiger partial charge in [0.1, 0.15) is 10.8 Å². The van der Waals surface area contributed by atoms with Gasteiger partial charge in [0, 0.05) is 22.7 Å². The lowest BCUT2D eigenvalue weighted by Crippen LogP contribution is -2.19. The summed E-state index contributed by atoms with van der Waals surface area (Å²) in [5.41, 5.74) is 0.708. The smallest absolute Gasteiger partial charge is 0.129 e. The fourth-order valence-electron chi connectivity index (χ4n) is 1.95. The van der Waals surface area contributed by atoms with E-state index in [2.05, 4.69) is 10.3 Å². The van der Waals surface area contributed by atoms with Crippen molar-refractivity contribution in [3.8, 4) is 0 Å². The molecule has 0 bridgehead atoms. The molecule has 100 valence electrons. The van der Waals surface area contributed by atoms with E-state index in [0.29, 0.717) is 5.56 Å². The number of aromatic nitrogens is 1. The van der Waals surface area contributed by atoms with Crippen molar-refractivity contribution >= 4 is 11.8 Å². The standard InChI is InChI=1S/C15H17FN2S/c1-3-17-11(2)15-12(16)7-6-8-13(15)19-14-9-4-5-10-18-14/h4-11,17H,3H2,1-2H3. The van der Waals surface area contributed by atoms with Crippen LogP contribution in [0.3, 0.4) is 0 Å². The largest absolute Gasteiger partial charge is 0.310 e. The summed E-state index contributed by atoms with van der Waals surface area (Å²) in [6.07, 6.45) is 1.75. The number of hydrogen-bond donors (Lipinski definition) is 1. The molecule has 0 fully saturated rings. The normalized spacial score (nSPS) is 12.4. The molecule has 2 aromatic rings. The highest BCUT2D eigenvalue weighted by atomic mass is 32.2. The lowest BCUT2D eigenvalue weighted by Gasteiger charge is -2.17. The van der Waals surface area contributed by atoms with E-state index in [1.807, 2.05) is 38.1 Å². The Morgan fingerprint density at radius 3 is 2.79 bits per heavy atom. The SMILES string of the molecule is CCNC(C)c1c(F)cccc1Sc1ccccn1. The average Bonchev–Trinajstić information content (AvgIpc) is 2.40. The van der Waals surface area contributed by atoms with Gasteiger partial charge in [0.15, 0.2) is 0 Å². The molecule has 0 aliphatic heterocycles. The first-order chi connectivity index (χ1) is 9.22. The van der Waals surface area contributed by atoms with Crippen molar-refractivity contribution in [3.05, 3.63) is 54.0 Å². The number of benzene rings is 1.